The van der Waals surface area contributed by atoms with Crippen molar-refractivity contribution in [3.8, 4) is 0 Å². The molecule has 1 aromatic heterocycles. The van der Waals surface area contributed by atoms with Gasteiger partial charge in [0, 0.05) is 19.6 Å². The SMILES string of the molecule is O=C(NC[C@@H]1CCCO1)c1cc(C(F)(F)F)c2c(n1)CCCC2=O. The van der Waals surface area contributed by atoms with Crippen molar-refractivity contribution < 1.29 is 27.5 Å². The molecule has 2 aliphatic rings. The fraction of sp³-hybridized carbons (Fsp3) is 0.562. The van der Waals surface area contributed by atoms with E-state index in [9.17, 15) is 22.8 Å². The van der Waals surface area contributed by atoms with Crippen molar-refractivity contribution in [2.45, 2.75) is 44.4 Å². The maximum atomic E-state index is 13.3. The van der Waals surface area contributed by atoms with Crippen molar-refractivity contribution in [1.29, 1.82) is 0 Å². The Bertz CT molecular complexity index is 667. The Kier molecular flexibility index (Phi) is 4.58. The summed E-state index contributed by atoms with van der Waals surface area (Å²) < 4.78 is 45.2. The number of hydrogen-bond acceptors (Lipinski definition) is 4. The molecule has 0 saturated carbocycles. The molecule has 24 heavy (non-hydrogen) atoms. The number of hydrogen-bond donors (Lipinski definition) is 1. The van der Waals surface area contributed by atoms with Crippen molar-refractivity contribution in [3.63, 3.8) is 0 Å². The third kappa shape index (κ3) is 3.43. The van der Waals surface area contributed by atoms with Crippen molar-refractivity contribution in [2.24, 2.45) is 0 Å². The van der Waals surface area contributed by atoms with Gasteiger partial charge in [-0.15, -0.1) is 0 Å². The lowest BCUT2D eigenvalue weighted by Crippen LogP contribution is -2.33. The van der Waals surface area contributed by atoms with E-state index < -0.39 is 23.4 Å². The minimum absolute atomic E-state index is 0.0586. The second-order valence-corrected chi connectivity index (χ2v) is 6.00. The third-order valence-electron chi connectivity index (χ3n) is 4.24. The molecule has 1 aliphatic heterocycles. The van der Waals surface area contributed by atoms with Gasteiger partial charge in [0.05, 0.1) is 22.9 Å². The van der Waals surface area contributed by atoms with E-state index >= 15 is 0 Å². The number of carbonyl (C=O) groups is 2. The number of aromatic nitrogens is 1. The van der Waals surface area contributed by atoms with Gasteiger partial charge in [0.15, 0.2) is 5.78 Å². The second kappa shape index (κ2) is 6.51. The molecule has 5 nitrogen and oxygen atoms in total. The Hall–Kier alpha value is -1.96. The van der Waals surface area contributed by atoms with E-state index in [-0.39, 0.29) is 42.4 Å². The average molecular weight is 342 g/mol. The van der Waals surface area contributed by atoms with Gasteiger partial charge in [-0.1, -0.05) is 0 Å². The number of nitrogens with one attached hydrogen (secondary N) is 1. The fourth-order valence-corrected chi connectivity index (χ4v) is 3.07. The summed E-state index contributed by atoms with van der Waals surface area (Å²) in [5, 5.41) is 2.56. The fourth-order valence-electron chi connectivity index (χ4n) is 3.07. The number of alkyl halides is 3. The molecule has 8 heteroatoms. The van der Waals surface area contributed by atoms with Crippen molar-refractivity contribution in [3.05, 3.63) is 28.6 Å². The monoisotopic (exact) mass is 342 g/mol. The molecule has 1 aromatic rings. The Morgan fingerprint density at radius 1 is 1.33 bits per heavy atom. The maximum absolute atomic E-state index is 13.3. The first-order chi connectivity index (χ1) is 11.4. The molecule has 0 aromatic carbocycles. The highest BCUT2D eigenvalue weighted by Crippen LogP contribution is 2.36. The summed E-state index contributed by atoms with van der Waals surface area (Å²) in [6, 6.07) is 0.674. The number of amides is 1. The molecule has 0 spiro atoms. The minimum atomic E-state index is -4.70. The van der Waals surface area contributed by atoms with Gasteiger partial charge in [-0.25, -0.2) is 4.98 Å². The zero-order valence-corrected chi connectivity index (χ0v) is 12.9. The van der Waals surface area contributed by atoms with Gasteiger partial charge < -0.3 is 10.1 Å². The van der Waals surface area contributed by atoms with Crippen molar-refractivity contribution in [2.75, 3.05) is 13.2 Å². The molecule has 130 valence electrons. The van der Waals surface area contributed by atoms with E-state index in [0.29, 0.717) is 19.1 Å². The molecular formula is C16H17F3N2O3. The summed E-state index contributed by atoms with van der Waals surface area (Å²) in [6.07, 6.45) is -2.34. The molecule has 0 unspecified atom stereocenters. The predicted molar refractivity (Wildman–Crippen MR) is 77.8 cm³/mol. The summed E-state index contributed by atoms with van der Waals surface area (Å²) in [7, 11) is 0. The minimum Gasteiger partial charge on any atom is -0.376 e. The van der Waals surface area contributed by atoms with Crippen LogP contribution in [0, 0.1) is 0 Å². The number of carbonyl (C=O) groups excluding carboxylic acids is 2. The van der Waals surface area contributed by atoms with Crippen LogP contribution in [-0.2, 0) is 17.3 Å². The number of aryl methyl sites for hydroxylation is 1. The number of Topliss-reactive ketones (excluding diaryl/α,β-unsaturated/α-hetero) is 1. The Morgan fingerprint density at radius 2 is 2.12 bits per heavy atom. The zero-order chi connectivity index (χ0) is 17.3. The second-order valence-electron chi connectivity index (χ2n) is 6.00. The van der Waals surface area contributed by atoms with Crippen LogP contribution >= 0.6 is 0 Å². The molecule has 0 radical (unpaired) electrons. The van der Waals surface area contributed by atoms with E-state index in [0.717, 1.165) is 12.8 Å². The topological polar surface area (TPSA) is 68.3 Å². The van der Waals surface area contributed by atoms with Gasteiger partial charge in [-0.3, -0.25) is 9.59 Å². The van der Waals surface area contributed by atoms with Crippen LogP contribution in [0.15, 0.2) is 6.07 Å². The molecule has 1 saturated heterocycles. The number of ether oxygens (including phenoxy) is 1. The zero-order valence-electron chi connectivity index (χ0n) is 12.9. The van der Waals surface area contributed by atoms with Crippen LogP contribution in [0.1, 0.15) is 57.8 Å². The largest absolute Gasteiger partial charge is 0.417 e. The first-order valence-electron chi connectivity index (χ1n) is 7.90. The molecule has 0 bridgehead atoms. The van der Waals surface area contributed by atoms with Gasteiger partial charge in [-0.05, 0) is 31.7 Å². The van der Waals surface area contributed by atoms with E-state index in [4.69, 9.17) is 4.74 Å². The summed E-state index contributed by atoms with van der Waals surface area (Å²) in [6.45, 7) is 0.857. The van der Waals surface area contributed by atoms with Crippen LogP contribution in [0.3, 0.4) is 0 Å². The molecule has 1 aliphatic carbocycles. The highest BCUT2D eigenvalue weighted by atomic mass is 19.4. The van der Waals surface area contributed by atoms with Crippen molar-refractivity contribution >= 4 is 11.7 Å². The Balaban J connectivity index is 1.88. The van der Waals surface area contributed by atoms with Crippen LogP contribution < -0.4 is 5.32 Å². The van der Waals surface area contributed by atoms with Gasteiger partial charge >= 0.3 is 6.18 Å². The first-order valence-corrected chi connectivity index (χ1v) is 7.90. The number of rotatable bonds is 3. The first kappa shape index (κ1) is 16.9. The van der Waals surface area contributed by atoms with E-state index in [1.54, 1.807) is 0 Å². The van der Waals surface area contributed by atoms with E-state index in [2.05, 4.69) is 10.3 Å². The molecule has 3 rings (SSSR count). The molecule has 1 amide bonds. The van der Waals surface area contributed by atoms with Gasteiger partial charge in [-0.2, -0.15) is 13.2 Å². The molecular weight excluding hydrogens is 325 g/mol. The third-order valence-corrected chi connectivity index (χ3v) is 4.24. The van der Waals surface area contributed by atoms with E-state index in [1.165, 1.54) is 0 Å². The average Bonchev–Trinajstić information content (AvgIpc) is 3.04. The highest BCUT2D eigenvalue weighted by molar-refractivity contribution is 6.01. The maximum Gasteiger partial charge on any atom is 0.417 e. The van der Waals surface area contributed by atoms with Crippen LogP contribution in [0.2, 0.25) is 0 Å². The predicted octanol–water partition coefficient (Wildman–Crippen LogP) is 2.53. The number of halogens is 3. The van der Waals surface area contributed by atoms with Gasteiger partial charge in [0.2, 0.25) is 0 Å². The summed E-state index contributed by atoms with van der Waals surface area (Å²) >= 11 is 0. The lowest BCUT2D eigenvalue weighted by Gasteiger charge is -2.20. The van der Waals surface area contributed by atoms with Gasteiger partial charge in [0.1, 0.15) is 5.69 Å². The van der Waals surface area contributed by atoms with Crippen LogP contribution in [-0.4, -0.2) is 35.9 Å². The lowest BCUT2D eigenvalue weighted by molar-refractivity contribution is -0.138. The highest BCUT2D eigenvalue weighted by Gasteiger charge is 2.39. The molecule has 1 N–H and O–H groups in total. The summed E-state index contributed by atoms with van der Waals surface area (Å²) in [5.74, 6) is -1.25. The number of nitrogens with zero attached hydrogens (tertiary/aromatic N) is 1. The van der Waals surface area contributed by atoms with Crippen molar-refractivity contribution in [1.82, 2.24) is 10.3 Å². The normalized spacial score (nSPS) is 20.8. The lowest BCUT2D eigenvalue weighted by atomic mass is 9.90. The van der Waals surface area contributed by atoms with E-state index in [1.807, 2.05) is 0 Å². The van der Waals surface area contributed by atoms with Crippen LogP contribution in [0.5, 0.6) is 0 Å². The molecule has 1 fully saturated rings. The Labute approximate surface area is 136 Å². The Morgan fingerprint density at radius 3 is 2.79 bits per heavy atom. The summed E-state index contributed by atoms with van der Waals surface area (Å²) in [5.41, 5.74) is -1.71. The number of pyridine rings is 1. The van der Waals surface area contributed by atoms with Crippen LogP contribution in [0.4, 0.5) is 13.2 Å². The quantitative estimate of drug-likeness (QED) is 0.917. The number of fused-ring (bicyclic) bond motifs is 1. The molecule has 1 atom stereocenters. The standard InChI is InChI=1S/C16H17F3N2O3/c17-16(18,19)10-7-12(15(23)20-8-9-3-2-6-24-9)21-11-4-1-5-13(22)14(10)11/h7,9H,1-6,8H2,(H,20,23)/t9-/m0/s1. The van der Waals surface area contributed by atoms with Gasteiger partial charge in [0.25, 0.3) is 5.91 Å². The van der Waals surface area contributed by atoms with Crippen LogP contribution in [0.25, 0.3) is 0 Å². The number of ketones is 1. The smallest absolute Gasteiger partial charge is 0.376 e. The summed E-state index contributed by atoms with van der Waals surface area (Å²) in [4.78, 5) is 28.1. The molecule has 2 heterocycles.